The van der Waals surface area contributed by atoms with E-state index in [4.69, 9.17) is 5.73 Å². The summed E-state index contributed by atoms with van der Waals surface area (Å²) in [4.78, 5) is 25.7. The Bertz CT molecular complexity index is 1050. The van der Waals surface area contributed by atoms with Gasteiger partial charge in [-0.25, -0.2) is 14.4 Å². The standard InChI is InChI=1S/C24H28FN5O.H4N2/c1-14-11-17(5-6-19(14)30-9-7-29(2)8-10-30)24-27-13-18(25)22(28-24)20-15-3-4-16(12-15)21(20)23(26)31;1-2/h3-6,11,13,15-16,20-21H,7-10,12H2,1-2H3,(H2,26,31);1-2H2. The lowest BCUT2D eigenvalue weighted by atomic mass is 9.80. The average Bonchev–Trinajstić information content (AvgIpc) is 3.43. The number of fused-ring (bicyclic) bond motifs is 2. The molecule has 176 valence electrons. The molecule has 3 aliphatic rings. The second kappa shape index (κ2) is 9.54. The third kappa shape index (κ3) is 4.36. The third-order valence-electron chi connectivity index (χ3n) is 7.17. The van der Waals surface area contributed by atoms with Crippen LogP contribution in [0.15, 0.2) is 36.5 Å². The Kier molecular flexibility index (Phi) is 6.73. The van der Waals surface area contributed by atoms with Crippen LogP contribution in [0, 0.1) is 30.5 Å². The zero-order valence-electron chi connectivity index (χ0n) is 19.1. The molecule has 5 rings (SSSR count). The number of aryl methyl sites for hydroxylation is 1. The van der Waals surface area contributed by atoms with Crippen LogP contribution in [-0.2, 0) is 4.79 Å². The van der Waals surface area contributed by atoms with E-state index in [0.717, 1.165) is 43.7 Å². The summed E-state index contributed by atoms with van der Waals surface area (Å²) in [6, 6.07) is 6.18. The second-order valence-electron chi connectivity index (χ2n) is 9.12. The highest BCUT2D eigenvalue weighted by Crippen LogP contribution is 2.53. The smallest absolute Gasteiger partial charge is 0.221 e. The summed E-state index contributed by atoms with van der Waals surface area (Å²) in [5.41, 5.74) is 9.21. The summed E-state index contributed by atoms with van der Waals surface area (Å²) in [7, 11) is 2.14. The monoisotopic (exact) mass is 453 g/mol. The highest BCUT2D eigenvalue weighted by molar-refractivity contribution is 5.79. The minimum atomic E-state index is -0.466. The number of carbonyl (C=O) groups excluding carboxylic acids is 1. The van der Waals surface area contributed by atoms with Crippen molar-refractivity contribution in [2.75, 3.05) is 38.1 Å². The molecule has 1 aliphatic heterocycles. The van der Waals surface area contributed by atoms with E-state index in [1.807, 2.05) is 12.1 Å². The number of hydrazine groups is 1. The predicted molar refractivity (Wildman–Crippen MR) is 126 cm³/mol. The van der Waals surface area contributed by atoms with E-state index in [1.165, 1.54) is 11.9 Å². The van der Waals surface area contributed by atoms with Gasteiger partial charge in [0, 0.05) is 43.3 Å². The molecule has 8 nitrogen and oxygen atoms in total. The Morgan fingerprint density at radius 1 is 1.12 bits per heavy atom. The molecule has 1 saturated carbocycles. The highest BCUT2D eigenvalue weighted by atomic mass is 19.1. The van der Waals surface area contributed by atoms with Crippen LogP contribution in [0.25, 0.3) is 11.4 Å². The molecule has 6 N–H and O–H groups in total. The van der Waals surface area contributed by atoms with Crippen molar-refractivity contribution in [2.45, 2.75) is 19.3 Å². The second-order valence-corrected chi connectivity index (χ2v) is 9.12. The van der Waals surface area contributed by atoms with Crippen LogP contribution in [0.5, 0.6) is 0 Å². The van der Waals surface area contributed by atoms with E-state index in [9.17, 15) is 9.18 Å². The number of aromatic nitrogens is 2. The Morgan fingerprint density at radius 2 is 1.82 bits per heavy atom. The normalized spacial score (nSPS) is 26.3. The van der Waals surface area contributed by atoms with Gasteiger partial charge in [0.1, 0.15) is 0 Å². The first-order valence-corrected chi connectivity index (χ1v) is 11.3. The van der Waals surface area contributed by atoms with Gasteiger partial charge >= 0.3 is 0 Å². The van der Waals surface area contributed by atoms with Gasteiger partial charge in [0.15, 0.2) is 11.6 Å². The fourth-order valence-electron chi connectivity index (χ4n) is 5.53. The number of hydrogen-bond donors (Lipinski definition) is 3. The Labute approximate surface area is 193 Å². The molecule has 1 saturated heterocycles. The number of amides is 1. The molecule has 0 radical (unpaired) electrons. The van der Waals surface area contributed by atoms with Crippen molar-refractivity contribution < 1.29 is 9.18 Å². The van der Waals surface area contributed by atoms with Crippen molar-refractivity contribution >= 4 is 11.6 Å². The van der Waals surface area contributed by atoms with Gasteiger partial charge in [-0.2, -0.15) is 0 Å². The maximum atomic E-state index is 14.8. The first-order chi connectivity index (χ1) is 15.9. The number of likely N-dealkylation sites (N-methyl/N-ethyl adjacent to an activating group) is 1. The molecular formula is C24H32FN7O. The molecule has 0 spiro atoms. The van der Waals surface area contributed by atoms with Gasteiger partial charge < -0.3 is 15.5 Å². The molecule has 2 fully saturated rings. The fraction of sp³-hybridized carbons (Fsp3) is 0.458. The van der Waals surface area contributed by atoms with Crippen LogP contribution in [0.3, 0.4) is 0 Å². The number of piperazine rings is 1. The van der Waals surface area contributed by atoms with Gasteiger partial charge in [-0.1, -0.05) is 12.2 Å². The zero-order chi connectivity index (χ0) is 23.7. The third-order valence-corrected chi connectivity index (χ3v) is 7.17. The SMILES string of the molecule is Cc1cc(-c2ncc(F)c(C3C4C=CC(C4)C3C(N)=O)n2)ccc1N1CCN(C)CC1.NN. The topological polar surface area (TPSA) is 127 Å². The van der Waals surface area contributed by atoms with Crippen molar-refractivity contribution in [3.8, 4) is 11.4 Å². The van der Waals surface area contributed by atoms with Crippen molar-refractivity contribution in [1.82, 2.24) is 14.9 Å². The van der Waals surface area contributed by atoms with E-state index in [-0.39, 0.29) is 23.7 Å². The summed E-state index contributed by atoms with van der Waals surface area (Å²) < 4.78 is 14.8. The van der Waals surface area contributed by atoms with E-state index in [0.29, 0.717) is 11.5 Å². The number of primary amides is 1. The van der Waals surface area contributed by atoms with Crippen LogP contribution < -0.4 is 22.3 Å². The van der Waals surface area contributed by atoms with Gasteiger partial charge in [0.25, 0.3) is 0 Å². The number of allylic oxidation sites excluding steroid dienone is 2. The molecule has 1 amide bonds. The van der Waals surface area contributed by atoms with Gasteiger partial charge in [-0.3, -0.25) is 16.5 Å². The quantitative estimate of drug-likeness (QED) is 0.364. The number of hydrogen-bond acceptors (Lipinski definition) is 7. The van der Waals surface area contributed by atoms with Crippen LogP contribution in [0.2, 0.25) is 0 Å². The van der Waals surface area contributed by atoms with E-state index in [1.54, 1.807) is 0 Å². The lowest BCUT2D eigenvalue weighted by Crippen LogP contribution is -2.44. The molecule has 2 aliphatic carbocycles. The molecule has 4 unspecified atom stereocenters. The summed E-state index contributed by atoms with van der Waals surface area (Å²) in [5.74, 6) is 7.09. The minimum absolute atomic E-state index is 0.0791. The molecule has 1 aromatic carbocycles. The van der Waals surface area contributed by atoms with Crippen molar-refractivity contribution in [3.05, 3.63) is 53.6 Å². The summed E-state index contributed by atoms with van der Waals surface area (Å²) >= 11 is 0. The van der Waals surface area contributed by atoms with Crippen LogP contribution in [0.4, 0.5) is 10.1 Å². The summed E-state index contributed by atoms with van der Waals surface area (Å²) in [5, 5.41) is 0. The molecule has 4 atom stereocenters. The minimum Gasteiger partial charge on any atom is -0.369 e. The number of benzene rings is 1. The number of rotatable bonds is 4. The Morgan fingerprint density at radius 3 is 2.48 bits per heavy atom. The average molecular weight is 454 g/mol. The van der Waals surface area contributed by atoms with Crippen LogP contribution in [-0.4, -0.2) is 54.0 Å². The highest BCUT2D eigenvalue weighted by Gasteiger charge is 2.49. The largest absolute Gasteiger partial charge is 0.369 e. The molecular weight excluding hydrogens is 421 g/mol. The van der Waals surface area contributed by atoms with Crippen LogP contribution >= 0.6 is 0 Å². The molecule has 2 heterocycles. The Hall–Kier alpha value is -2.88. The molecule has 2 bridgehead atoms. The molecule has 2 aromatic rings. The zero-order valence-corrected chi connectivity index (χ0v) is 19.1. The van der Waals surface area contributed by atoms with Gasteiger partial charge in [0.2, 0.25) is 5.91 Å². The van der Waals surface area contributed by atoms with Gasteiger partial charge in [-0.15, -0.1) is 0 Å². The number of anilines is 1. The fourth-order valence-corrected chi connectivity index (χ4v) is 5.53. The first-order valence-electron chi connectivity index (χ1n) is 11.3. The molecule has 1 aromatic heterocycles. The lowest BCUT2D eigenvalue weighted by molar-refractivity contribution is -0.123. The Balaban J connectivity index is 0.00000126. The maximum Gasteiger partial charge on any atom is 0.221 e. The number of nitrogens with zero attached hydrogens (tertiary/aromatic N) is 4. The van der Waals surface area contributed by atoms with E-state index in [2.05, 4.69) is 63.6 Å². The van der Waals surface area contributed by atoms with Gasteiger partial charge in [0.05, 0.1) is 17.8 Å². The molecule has 33 heavy (non-hydrogen) atoms. The molecule has 9 heteroatoms. The predicted octanol–water partition coefficient (Wildman–Crippen LogP) is 1.55. The van der Waals surface area contributed by atoms with Crippen molar-refractivity contribution in [1.29, 1.82) is 0 Å². The number of nitrogens with two attached hydrogens (primary N) is 3. The number of carbonyl (C=O) groups is 1. The van der Waals surface area contributed by atoms with E-state index >= 15 is 0 Å². The summed E-state index contributed by atoms with van der Waals surface area (Å²) in [6.45, 7) is 6.18. The summed E-state index contributed by atoms with van der Waals surface area (Å²) in [6.07, 6.45) is 6.17. The lowest BCUT2D eigenvalue weighted by Gasteiger charge is -2.35. The van der Waals surface area contributed by atoms with Crippen molar-refractivity contribution in [2.24, 2.45) is 35.2 Å². The number of halogens is 1. The van der Waals surface area contributed by atoms with Gasteiger partial charge in [-0.05, 0) is 56.0 Å². The van der Waals surface area contributed by atoms with Crippen LogP contribution in [0.1, 0.15) is 23.6 Å². The first kappa shape index (κ1) is 23.3. The van der Waals surface area contributed by atoms with Crippen molar-refractivity contribution in [3.63, 3.8) is 0 Å². The van der Waals surface area contributed by atoms with E-state index < -0.39 is 11.7 Å². The maximum absolute atomic E-state index is 14.8.